The van der Waals surface area contributed by atoms with Crippen LogP contribution in [0.4, 0.5) is 0 Å². The summed E-state index contributed by atoms with van der Waals surface area (Å²) in [5.74, 6) is 3.28. The fourth-order valence-corrected chi connectivity index (χ4v) is 5.74. The van der Waals surface area contributed by atoms with Crippen molar-refractivity contribution in [2.75, 3.05) is 32.8 Å². The van der Waals surface area contributed by atoms with Crippen molar-refractivity contribution in [2.45, 2.75) is 44.9 Å². The van der Waals surface area contributed by atoms with Crippen molar-refractivity contribution in [2.24, 2.45) is 23.2 Å². The first kappa shape index (κ1) is 11.7. The van der Waals surface area contributed by atoms with Crippen molar-refractivity contribution in [1.29, 1.82) is 0 Å². The predicted molar refractivity (Wildman–Crippen MR) is 72.5 cm³/mol. The van der Waals surface area contributed by atoms with Crippen LogP contribution in [0, 0.1) is 23.2 Å². The Bertz CT molecular complexity index is 296. The van der Waals surface area contributed by atoms with E-state index in [9.17, 15) is 0 Å². The molecular formula is C16H27NO. The van der Waals surface area contributed by atoms with Gasteiger partial charge < -0.3 is 4.74 Å². The van der Waals surface area contributed by atoms with Crippen molar-refractivity contribution < 1.29 is 4.74 Å². The molecule has 5 aliphatic rings. The summed E-state index contributed by atoms with van der Waals surface area (Å²) in [6, 6.07) is 0. The Hall–Kier alpha value is -0.0800. The van der Waals surface area contributed by atoms with Gasteiger partial charge in [-0.05, 0) is 68.1 Å². The minimum Gasteiger partial charge on any atom is -0.379 e. The van der Waals surface area contributed by atoms with E-state index in [1.54, 1.807) is 32.1 Å². The molecule has 5 rings (SSSR count). The molecule has 1 heterocycles. The van der Waals surface area contributed by atoms with Gasteiger partial charge in [0.25, 0.3) is 0 Å². The molecule has 18 heavy (non-hydrogen) atoms. The van der Waals surface area contributed by atoms with Crippen molar-refractivity contribution in [3.63, 3.8) is 0 Å². The van der Waals surface area contributed by atoms with Crippen LogP contribution in [-0.2, 0) is 4.74 Å². The zero-order valence-corrected chi connectivity index (χ0v) is 11.6. The molecule has 0 radical (unpaired) electrons. The smallest absolute Gasteiger partial charge is 0.0594 e. The summed E-state index contributed by atoms with van der Waals surface area (Å²) in [7, 11) is 0. The van der Waals surface area contributed by atoms with Gasteiger partial charge in [0.2, 0.25) is 0 Å². The van der Waals surface area contributed by atoms with Crippen LogP contribution < -0.4 is 0 Å². The van der Waals surface area contributed by atoms with Gasteiger partial charge in [0.05, 0.1) is 13.2 Å². The maximum atomic E-state index is 5.50. The van der Waals surface area contributed by atoms with Crippen molar-refractivity contribution in [3.05, 3.63) is 0 Å². The van der Waals surface area contributed by atoms with Gasteiger partial charge in [-0.1, -0.05) is 0 Å². The van der Waals surface area contributed by atoms with Crippen molar-refractivity contribution >= 4 is 0 Å². The maximum Gasteiger partial charge on any atom is 0.0594 e. The minimum absolute atomic E-state index is 0.705. The molecule has 2 unspecified atom stereocenters. The molecule has 1 aliphatic heterocycles. The van der Waals surface area contributed by atoms with E-state index in [4.69, 9.17) is 4.74 Å². The van der Waals surface area contributed by atoms with Crippen molar-refractivity contribution in [1.82, 2.24) is 4.90 Å². The molecule has 0 spiro atoms. The summed E-state index contributed by atoms with van der Waals surface area (Å²) < 4.78 is 5.50. The lowest BCUT2D eigenvalue weighted by Crippen LogP contribution is -2.46. The van der Waals surface area contributed by atoms with Gasteiger partial charge in [-0.15, -0.1) is 0 Å². The van der Waals surface area contributed by atoms with Crippen LogP contribution in [0.1, 0.15) is 44.9 Å². The summed E-state index contributed by atoms with van der Waals surface area (Å²) in [5.41, 5.74) is 0.705. The third-order valence-electron chi connectivity index (χ3n) is 6.19. The molecule has 5 fully saturated rings. The van der Waals surface area contributed by atoms with Gasteiger partial charge in [0.15, 0.2) is 0 Å². The van der Waals surface area contributed by atoms with E-state index in [0.717, 1.165) is 31.0 Å². The Morgan fingerprint density at radius 1 is 0.944 bits per heavy atom. The van der Waals surface area contributed by atoms with E-state index < -0.39 is 0 Å². The molecule has 0 aromatic carbocycles. The van der Waals surface area contributed by atoms with Crippen LogP contribution in [-0.4, -0.2) is 37.7 Å². The van der Waals surface area contributed by atoms with Crippen molar-refractivity contribution in [3.8, 4) is 0 Å². The Labute approximate surface area is 111 Å². The normalized spacial score (nSPS) is 48.3. The fourth-order valence-electron chi connectivity index (χ4n) is 5.74. The largest absolute Gasteiger partial charge is 0.379 e. The lowest BCUT2D eigenvalue weighted by atomic mass is 9.61. The molecule has 2 nitrogen and oxygen atoms in total. The van der Waals surface area contributed by atoms with Gasteiger partial charge in [0.1, 0.15) is 0 Å². The first-order valence-electron chi connectivity index (χ1n) is 8.11. The van der Waals surface area contributed by atoms with E-state index in [2.05, 4.69) is 4.90 Å². The van der Waals surface area contributed by atoms with Crippen LogP contribution in [0.2, 0.25) is 0 Å². The molecule has 0 aromatic rings. The number of nitrogens with zero attached hydrogens (tertiary/aromatic N) is 1. The van der Waals surface area contributed by atoms with Gasteiger partial charge >= 0.3 is 0 Å². The highest BCUT2D eigenvalue weighted by Crippen LogP contribution is 2.57. The first-order valence-corrected chi connectivity index (χ1v) is 8.11. The highest BCUT2D eigenvalue weighted by molar-refractivity contribution is 4.99. The molecule has 0 N–H and O–H groups in total. The SMILES string of the molecule is C1CN(CC23CCC4C[C@H](C[C@H](C4)C2)C3)CCO1. The lowest BCUT2D eigenvalue weighted by Gasteiger charge is -2.47. The second-order valence-electron chi connectivity index (χ2n) is 7.64. The van der Waals surface area contributed by atoms with E-state index >= 15 is 0 Å². The Morgan fingerprint density at radius 3 is 2.33 bits per heavy atom. The molecule has 102 valence electrons. The number of ether oxygens (including phenoxy) is 1. The summed E-state index contributed by atoms with van der Waals surface area (Å²) in [4.78, 5) is 2.70. The third kappa shape index (κ3) is 2.12. The van der Waals surface area contributed by atoms with Gasteiger partial charge in [-0.3, -0.25) is 4.90 Å². The standard InChI is InChI=1S/C16H27NO/c1-2-16(12-17-3-5-18-6-4-17)10-14-7-13(1)8-15(9-14)11-16/h13-15H,1-12H2/t13?,14-,15+,16?. The summed E-state index contributed by atoms with van der Waals surface area (Å²) in [5, 5.41) is 0. The molecule has 4 aliphatic carbocycles. The zero-order chi connectivity index (χ0) is 12.0. The monoisotopic (exact) mass is 249 g/mol. The van der Waals surface area contributed by atoms with Crippen LogP contribution in [0.3, 0.4) is 0 Å². The number of hydrogen-bond acceptors (Lipinski definition) is 2. The molecule has 4 saturated carbocycles. The lowest BCUT2D eigenvalue weighted by molar-refractivity contribution is -0.0119. The predicted octanol–water partition coefficient (Wildman–Crippen LogP) is 2.93. The number of morpholine rings is 1. The van der Waals surface area contributed by atoms with Crippen LogP contribution >= 0.6 is 0 Å². The molecule has 0 aromatic heterocycles. The van der Waals surface area contributed by atoms with Crippen LogP contribution in [0.15, 0.2) is 0 Å². The third-order valence-corrected chi connectivity index (χ3v) is 6.19. The van der Waals surface area contributed by atoms with E-state index in [0.29, 0.717) is 5.41 Å². The van der Waals surface area contributed by atoms with Gasteiger partial charge in [-0.2, -0.15) is 0 Å². The molecule has 0 amide bonds. The molecule has 2 heteroatoms. The molecule has 4 atom stereocenters. The molecule has 1 saturated heterocycles. The molecule has 4 bridgehead atoms. The Kier molecular flexibility index (Phi) is 2.92. The van der Waals surface area contributed by atoms with Crippen LogP contribution in [0.25, 0.3) is 0 Å². The average molecular weight is 249 g/mol. The Morgan fingerprint density at radius 2 is 1.61 bits per heavy atom. The highest BCUT2D eigenvalue weighted by Gasteiger charge is 2.47. The fraction of sp³-hybridized carbons (Fsp3) is 1.00. The Balaban J connectivity index is 1.51. The average Bonchev–Trinajstić information content (AvgIpc) is 2.55. The summed E-state index contributed by atoms with van der Waals surface area (Å²) >= 11 is 0. The second-order valence-corrected chi connectivity index (χ2v) is 7.64. The maximum absolute atomic E-state index is 5.50. The quantitative estimate of drug-likeness (QED) is 0.746. The molecular weight excluding hydrogens is 222 g/mol. The van der Waals surface area contributed by atoms with E-state index in [1.807, 2.05) is 0 Å². The van der Waals surface area contributed by atoms with E-state index in [1.165, 1.54) is 32.5 Å². The minimum atomic E-state index is 0.705. The number of hydrogen-bond donors (Lipinski definition) is 0. The summed E-state index contributed by atoms with van der Waals surface area (Å²) in [6.45, 7) is 5.67. The summed E-state index contributed by atoms with van der Waals surface area (Å²) in [6.07, 6.45) is 10.9. The first-order chi connectivity index (χ1) is 8.81. The van der Waals surface area contributed by atoms with Crippen LogP contribution in [0.5, 0.6) is 0 Å². The van der Waals surface area contributed by atoms with Gasteiger partial charge in [-0.25, -0.2) is 0 Å². The van der Waals surface area contributed by atoms with E-state index in [-0.39, 0.29) is 0 Å². The number of rotatable bonds is 2. The zero-order valence-electron chi connectivity index (χ0n) is 11.6. The topological polar surface area (TPSA) is 12.5 Å². The number of fused-ring (bicyclic) bond motifs is 1. The highest BCUT2D eigenvalue weighted by atomic mass is 16.5. The van der Waals surface area contributed by atoms with Gasteiger partial charge in [0, 0.05) is 19.6 Å². The second kappa shape index (κ2) is 4.49.